The fourth-order valence-electron chi connectivity index (χ4n) is 3.11. The van der Waals surface area contributed by atoms with E-state index in [1.54, 1.807) is 14.2 Å². The van der Waals surface area contributed by atoms with Crippen LogP contribution in [0.4, 0.5) is 0 Å². The third-order valence-corrected chi connectivity index (χ3v) is 4.22. The molecular formula is C19H15NO3. The summed E-state index contributed by atoms with van der Waals surface area (Å²) in [5.74, 6) is 1.31. The van der Waals surface area contributed by atoms with Gasteiger partial charge < -0.3 is 14.5 Å². The fourth-order valence-corrected chi connectivity index (χ4v) is 3.11. The number of aromatic nitrogens is 1. The van der Waals surface area contributed by atoms with E-state index in [0.717, 1.165) is 27.1 Å². The van der Waals surface area contributed by atoms with Gasteiger partial charge in [-0.1, -0.05) is 30.3 Å². The van der Waals surface area contributed by atoms with Crippen LogP contribution in [0.3, 0.4) is 0 Å². The summed E-state index contributed by atoms with van der Waals surface area (Å²) in [4.78, 5) is 15.4. The van der Waals surface area contributed by atoms with Crippen LogP contribution in [0.2, 0.25) is 0 Å². The number of fused-ring (bicyclic) bond motifs is 5. The van der Waals surface area contributed by atoms with Crippen molar-refractivity contribution >= 4 is 32.4 Å². The van der Waals surface area contributed by atoms with E-state index in [1.165, 1.54) is 0 Å². The van der Waals surface area contributed by atoms with E-state index in [1.807, 2.05) is 48.5 Å². The van der Waals surface area contributed by atoms with Gasteiger partial charge in [0.2, 0.25) is 0 Å². The van der Waals surface area contributed by atoms with Gasteiger partial charge in [0.15, 0.2) is 11.5 Å². The Balaban J connectivity index is 2.22. The molecule has 1 aromatic heterocycles. The van der Waals surface area contributed by atoms with Crippen molar-refractivity contribution < 1.29 is 9.47 Å². The minimum atomic E-state index is -0.0876. The van der Waals surface area contributed by atoms with E-state index < -0.39 is 0 Å². The number of H-pyrrole nitrogens is 1. The van der Waals surface area contributed by atoms with Crippen molar-refractivity contribution in [1.82, 2.24) is 4.98 Å². The molecule has 0 radical (unpaired) electrons. The van der Waals surface area contributed by atoms with Gasteiger partial charge in [-0.25, -0.2) is 0 Å². The second kappa shape index (κ2) is 5.02. The number of pyridine rings is 1. The van der Waals surface area contributed by atoms with E-state index in [0.29, 0.717) is 16.9 Å². The molecule has 0 aliphatic rings. The van der Waals surface area contributed by atoms with Crippen LogP contribution >= 0.6 is 0 Å². The molecule has 0 unspecified atom stereocenters. The second-order valence-corrected chi connectivity index (χ2v) is 5.42. The predicted octanol–water partition coefficient (Wildman–Crippen LogP) is 3.85. The summed E-state index contributed by atoms with van der Waals surface area (Å²) < 4.78 is 10.7. The van der Waals surface area contributed by atoms with Crippen molar-refractivity contribution in [3.63, 3.8) is 0 Å². The molecular weight excluding hydrogens is 290 g/mol. The first kappa shape index (κ1) is 13.6. The Labute approximate surface area is 132 Å². The molecule has 0 saturated carbocycles. The zero-order valence-corrected chi connectivity index (χ0v) is 12.8. The van der Waals surface area contributed by atoms with Crippen LogP contribution < -0.4 is 15.0 Å². The van der Waals surface area contributed by atoms with Gasteiger partial charge in [0.1, 0.15) is 0 Å². The van der Waals surface area contributed by atoms with Gasteiger partial charge in [0, 0.05) is 16.2 Å². The maximum atomic E-state index is 12.4. The van der Waals surface area contributed by atoms with Crippen LogP contribution in [0, 0.1) is 0 Å². The number of hydrogen-bond donors (Lipinski definition) is 1. The Hall–Kier alpha value is -3.01. The molecule has 1 heterocycles. The Morgan fingerprint density at radius 1 is 0.783 bits per heavy atom. The second-order valence-electron chi connectivity index (χ2n) is 5.42. The minimum absolute atomic E-state index is 0.0876. The van der Waals surface area contributed by atoms with Crippen LogP contribution in [0.1, 0.15) is 0 Å². The number of aromatic amines is 1. The molecule has 4 aromatic rings. The lowest BCUT2D eigenvalue weighted by molar-refractivity contribution is 0.356. The lowest BCUT2D eigenvalue weighted by atomic mass is 10.0. The molecule has 23 heavy (non-hydrogen) atoms. The summed E-state index contributed by atoms with van der Waals surface area (Å²) in [6.45, 7) is 0. The maximum Gasteiger partial charge on any atom is 0.256 e. The number of methoxy groups -OCH3 is 2. The lowest BCUT2D eigenvalue weighted by Crippen LogP contribution is -2.06. The van der Waals surface area contributed by atoms with Gasteiger partial charge in [-0.3, -0.25) is 4.79 Å². The number of benzene rings is 3. The minimum Gasteiger partial charge on any atom is -0.493 e. The molecule has 0 bridgehead atoms. The maximum absolute atomic E-state index is 12.4. The largest absolute Gasteiger partial charge is 0.493 e. The summed E-state index contributed by atoms with van der Waals surface area (Å²) >= 11 is 0. The molecule has 0 spiro atoms. The number of ether oxygens (including phenoxy) is 2. The predicted molar refractivity (Wildman–Crippen MR) is 92.7 cm³/mol. The number of rotatable bonds is 2. The van der Waals surface area contributed by atoms with Crippen molar-refractivity contribution in [3.05, 3.63) is 58.9 Å². The molecule has 0 amide bonds. The Bertz CT molecular complexity index is 1110. The van der Waals surface area contributed by atoms with Gasteiger partial charge in [0.25, 0.3) is 5.56 Å². The fraction of sp³-hybridized carbons (Fsp3) is 0.105. The van der Waals surface area contributed by atoms with Crippen LogP contribution in [0.15, 0.2) is 53.3 Å². The van der Waals surface area contributed by atoms with Crippen LogP contribution in [0.5, 0.6) is 11.5 Å². The first-order valence-electron chi connectivity index (χ1n) is 7.32. The standard InChI is InChI=1S/C19H15NO3/c1-22-16-9-11-7-8-13-12-5-3-4-6-14(12)19(21)20-18(13)15(11)10-17(16)23-2/h3-10H,1-2H3,(H,20,21). The molecule has 0 aliphatic carbocycles. The normalized spacial score (nSPS) is 11.2. The van der Waals surface area contributed by atoms with E-state index >= 15 is 0 Å². The van der Waals surface area contributed by atoms with Crippen LogP contribution in [0.25, 0.3) is 32.4 Å². The average Bonchev–Trinajstić information content (AvgIpc) is 2.60. The molecule has 4 rings (SSSR count). The van der Waals surface area contributed by atoms with Gasteiger partial charge >= 0.3 is 0 Å². The summed E-state index contributed by atoms with van der Waals surface area (Å²) in [5.41, 5.74) is 0.725. The molecule has 0 atom stereocenters. The summed E-state index contributed by atoms with van der Waals surface area (Å²) in [7, 11) is 3.22. The lowest BCUT2D eigenvalue weighted by Gasteiger charge is -2.11. The zero-order chi connectivity index (χ0) is 16.0. The van der Waals surface area contributed by atoms with E-state index in [-0.39, 0.29) is 5.56 Å². The van der Waals surface area contributed by atoms with Crippen molar-refractivity contribution in [3.8, 4) is 11.5 Å². The van der Waals surface area contributed by atoms with Crippen LogP contribution in [-0.2, 0) is 0 Å². The number of nitrogens with one attached hydrogen (secondary N) is 1. The summed E-state index contributed by atoms with van der Waals surface area (Å²) in [5, 5.41) is 4.58. The van der Waals surface area contributed by atoms with Gasteiger partial charge in [0.05, 0.1) is 19.7 Å². The van der Waals surface area contributed by atoms with E-state index in [2.05, 4.69) is 4.98 Å². The molecule has 4 nitrogen and oxygen atoms in total. The average molecular weight is 305 g/mol. The Morgan fingerprint density at radius 3 is 2.22 bits per heavy atom. The molecule has 3 aromatic carbocycles. The van der Waals surface area contributed by atoms with E-state index in [4.69, 9.17) is 9.47 Å². The SMILES string of the molecule is COc1cc2ccc3c4ccccc4c(=O)[nH]c3c2cc1OC. The topological polar surface area (TPSA) is 51.3 Å². The van der Waals surface area contributed by atoms with Crippen molar-refractivity contribution in [2.45, 2.75) is 0 Å². The molecule has 4 heteroatoms. The third kappa shape index (κ3) is 1.95. The first-order valence-corrected chi connectivity index (χ1v) is 7.32. The molecule has 0 fully saturated rings. The highest BCUT2D eigenvalue weighted by molar-refractivity contribution is 6.15. The zero-order valence-electron chi connectivity index (χ0n) is 12.8. The smallest absolute Gasteiger partial charge is 0.256 e. The highest BCUT2D eigenvalue weighted by atomic mass is 16.5. The van der Waals surface area contributed by atoms with Crippen LogP contribution in [-0.4, -0.2) is 19.2 Å². The molecule has 0 saturated heterocycles. The highest BCUT2D eigenvalue weighted by Crippen LogP contribution is 2.36. The highest BCUT2D eigenvalue weighted by Gasteiger charge is 2.11. The monoisotopic (exact) mass is 305 g/mol. The Morgan fingerprint density at radius 2 is 1.48 bits per heavy atom. The first-order chi connectivity index (χ1) is 11.2. The van der Waals surface area contributed by atoms with Gasteiger partial charge in [-0.2, -0.15) is 0 Å². The molecule has 114 valence electrons. The van der Waals surface area contributed by atoms with Crippen molar-refractivity contribution in [1.29, 1.82) is 0 Å². The Kier molecular flexibility index (Phi) is 2.98. The van der Waals surface area contributed by atoms with Gasteiger partial charge in [-0.05, 0) is 29.0 Å². The molecule has 1 N–H and O–H groups in total. The number of hydrogen-bond acceptors (Lipinski definition) is 3. The summed E-state index contributed by atoms with van der Waals surface area (Å²) in [6, 6.07) is 15.5. The van der Waals surface area contributed by atoms with Gasteiger partial charge in [-0.15, -0.1) is 0 Å². The third-order valence-electron chi connectivity index (χ3n) is 4.22. The molecule has 0 aliphatic heterocycles. The van der Waals surface area contributed by atoms with Crippen molar-refractivity contribution in [2.75, 3.05) is 14.2 Å². The van der Waals surface area contributed by atoms with E-state index in [9.17, 15) is 4.79 Å². The quantitative estimate of drug-likeness (QED) is 0.572. The van der Waals surface area contributed by atoms with Crippen molar-refractivity contribution in [2.24, 2.45) is 0 Å². The summed E-state index contributed by atoms with van der Waals surface area (Å²) in [6.07, 6.45) is 0.